The standard InChI is InChI=1S/C38H35ClN2O5S2/c1-25-10-18-30(19-11-25)47(43,44)40-24-34-36(22-35(40)28-14-16-29(39)17-15-28)41(48(45,46)31-20-12-26(2)13-21-31)37(23-38(34)42)33-9-5-7-27-6-3-4-8-32(27)33/h3-21,34-37H,22-24H2,1-2H3/t34-,35+,36+,37+/m1/s1. The summed E-state index contributed by atoms with van der Waals surface area (Å²) in [6.45, 7) is 3.62. The van der Waals surface area contributed by atoms with E-state index in [-0.39, 0.29) is 35.0 Å². The maximum absolute atomic E-state index is 14.9. The average molecular weight is 699 g/mol. The summed E-state index contributed by atoms with van der Waals surface area (Å²) < 4.78 is 61.3. The van der Waals surface area contributed by atoms with Crippen LogP contribution in [0.5, 0.6) is 0 Å². The van der Waals surface area contributed by atoms with Gasteiger partial charge in [-0.3, -0.25) is 4.79 Å². The number of piperidine rings is 2. The van der Waals surface area contributed by atoms with Gasteiger partial charge in [-0.25, -0.2) is 16.8 Å². The van der Waals surface area contributed by atoms with E-state index in [2.05, 4.69) is 0 Å². The molecule has 0 radical (unpaired) electrons. The van der Waals surface area contributed by atoms with Gasteiger partial charge in [-0.05, 0) is 78.6 Å². The molecular formula is C38H35ClN2O5S2. The van der Waals surface area contributed by atoms with Gasteiger partial charge in [0, 0.05) is 29.9 Å². The lowest BCUT2D eigenvalue weighted by molar-refractivity contribution is -0.132. The molecule has 5 aromatic carbocycles. The number of benzene rings is 5. The zero-order chi connectivity index (χ0) is 33.8. The number of aryl methyl sites for hydroxylation is 2. The van der Waals surface area contributed by atoms with Gasteiger partial charge in [0.2, 0.25) is 20.0 Å². The van der Waals surface area contributed by atoms with Crippen molar-refractivity contribution in [1.29, 1.82) is 0 Å². The van der Waals surface area contributed by atoms with Crippen molar-refractivity contribution < 1.29 is 21.6 Å². The fourth-order valence-corrected chi connectivity index (χ4v) is 10.9. The van der Waals surface area contributed by atoms with Gasteiger partial charge in [0.1, 0.15) is 5.78 Å². The highest BCUT2D eigenvalue weighted by Gasteiger charge is 2.54. The molecule has 2 saturated heterocycles. The molecule has 2 aliphatic heterocycles. The summed E-state index contributed by atoms with van der Waals surface area (Å²) in [5, 5.41) is 2.30. The van der Waals surface area contributed by atoms with Gasteiger partial charge in [0.25, 0.3) is 0 Å². The largest absolute Gasteiger partial charge is 0.299 e. The van der Waals surface area contributed by atoms with Crippen LogP contribution in [0.3, 0.4) is 0 Å². The Hall–Kier alpha value is -3.86. The van der Waals surface area contributed by atoms with E-state index in [9.17, 15) is 21.6 Å². The number of Topliss-reactive ketones (excluding diaryl/α,β-unsaturated/α-hetero) is 1. The van der Waals surface area contributed by atoms with E-state index in [1.54, 1.807) is 72.8 Å². The minimum Gasteiger partial charge on any atom is -0.299 e. The van der Waals surface area contributed by atoms with Crippen LogP contribution in [-0.4, -0.2) is 43.8 Å². The van der Waals surface area contributed by atoms with Gasteiger partial charge >= 0.3 is 0 Å². The number of carbonyl (C=O) groups excluding carboxylic acids is 1. The summed E-state index contributed by atoms with van der Waals surface area (Å²) in [6, 6.07) is 31.4. The summed E-state index contributed by atoms with van der Waals surface area (Å²) in [7, 11) is -8.25. The molecule has 4 atom stereocenters. The molecule has 0 spiro atoms. The normalized spacial score (nSPS) is 22.4. The fraction of sp³-hybridized carbons (Fsp3) is 0.237. The van der Waals surface area contributed by atoms with Gasteiger partial charge < -0.3 is 0 Å². The number of carbonyl (C=O) groups is 1. The topological polar surface area (TPSA) is 91.8 Å². The third kappa shape index (κ3) is 5.77. The lowest BCUT2D eigenvalue weighted by Gasteiger charge is -2.51. The Balaban J connectivity index is 1.41. The molecule has 0 N–H and O–H groups in total. The predicted octanol–water partition coefficient (Wildman–Crippen LogP) is 7.64. The number of sulfonamides is 2. The Morgan fingerprint density at radius 2 is 1.25 bits per heavy atom. The highest BCUT2D eigenvalue weighted by molar-refractivity contribution is 7.89. The monoisotopic (exact) mass is 698 g/mol. The second-order valence-electron chi connectivity index (χ2n) is 12.8. The lowest BCUT2D eigenvalue weighted by atomic mass is 9.77. The van der Waals surface area contributed by atoms with Crippen LogP contribution in [0, 0.1) is 19.8 Å². The molecular weight excluding hydrogens is 664 g/mol. The quantitative estimate of drug-likeness (QED) is 0.182. The van der Waals surface area contributed by atoms with Crippen molar-refractivity contribution in [2.75, 3.05) is 6.54 Å². The van der Waals surface area contributed by atoms with Crippen LogP contribution in [0.4, 0.5) is 0 Å². The van der Waals surface area contributed by atoms with Crippen LogP contribution in [0.25, 0.3) is 10.8 Å². The van der Waals surface area contributed by atoms with E-state index in [1.807, 2.05) is 56.3 Å². The van der Waals surface area contributed by atoms with Crippen LogP contribution in [0.15, 0.2) is 125 Å². The number of rotatable bonds is 6. The predicted molar refractivity (Wildman–Crippen MR) is 188 cm³/mol. The van der Waals surface area contributed by atoms with Crippen molar-refractivity contribution in [3.63, 3.8) is 0 Å². The first-order chi connectivity index (χ1) is 22.9. The van der Waals surface area contributed by atoms with Crippen molar-refractivity contribution in [1.82, 2.24) is 8.61 Å². The highest BCUT2D eigenvalue weighted by atomic mass is 35.5. The van der Waals surface area contributed by atoms with E-state index in [4.69, 9.17) is 11.6 Å². The SMILES string of the molecule is Cc1ccc(S(=O)(=O)N2C[C@H]3C(=O)C[C@@H](c4cccc5ccccc45)N(S(=O)(=O)c4ccc(C)cc4)[C@H]3C[C@H]2c2ccc(Cl)cc2)cc1. The molecule has 2 aliphatic rings. The van der Waals surface area contributed by atoms with E-state index >= 15 is 0 Å². The first kappa shape index (κ1) is 32.7. The molecule has 0 aromatic heterocycles. The second kappa shape index (κ2) is 12.5. The molecule has 0 amide bonds. The Kier molecular flexibility index (Phi) is 8.54. The Bertz CT molecular complexity index is 2220. The van der Waals surface area contributed by atoms with Crippen molar-refractivity contribution in [2.24, 2.45) is 5.92 Å². The summed E-state index contributed by atoms with van der Waals surface area (Å²) in [4.78, 5) is 14.5. The molecule has 2 fully saturated rings. The summed E-state index contributed by atoms with van der Waals surface area (Å²) in [5.41, 5.74) is 3.25. The van der Waals surface area contributed by atoms with Crippen LogP contribution in [0.2, 0.25) is 5.02 Å². The molecule has 0 saturated carbocycles. The maximum Gasteiger partial charge on any atom is 0.243 e. The van der Waals surface area contributed by atoms with E-state index in [0.717, 1.165) is 27.5 Å². The van der Waals surface area contributed by atoms with Crippen LogP contribution >= 0.6 is 11.6 Å². The fourth-order valence-electron chi connectivity index (χ4n) is 7.28. The van der Waals surface area contributed by atoms with Gasteiger partial charge in [0.15, 0.2) is 0 Å². The van der Waals surface area contributed by atoms with E-state index in [0.29, 0.717) is 10.6 Å². The van der Waals surface area contributed by atoms with Crippen molar-refractivity contribution in [3.05, 3.63) is 143 Å². The van der Waals surface area contributed by atoms with Gasteiger partial charge in [-0.2, -0.15) is 8.61 Å². The third-order valence-corrected chi connectivity index (χ3v) is 13.8. The van der Waals surface area contributed by atoms with E-state index < -0.39 is 44.1 Å². The van der Waals surface area contributed by atoms with Crippen molar-refractivity contribution in [2.45, 2.75) is 54.6 Å². The van der Waals surface area contributed by atoms with Crippen LogP contribution in [-0.2, 0) is 24.8 Å². The first-order valence-electron chi connectivity index (χ1n) is 15.9. The van der Waals surface area contributed by atoms with Gasteiger partial charge in [0.05, 0.1) is 21.9 Å². The second-order valence-corrected chi connectivity index (χ2v) is 16.9. The van der Waals surface area contributed by atoms with Crippen LogP contribution < -0.4 is 0 Å². The first-order valence-corrected chi connectivity index (χ1v) is 19.2. The molecule has 0 aliphatic carbocycles. The molecule has 10 heteroatoms. The van der Waals surface area contributed by atoms with Crippen molar-refractivity contribution >= 4 is 48.2 Å². The summed E-state index contributed by atoms with van der Waals surface area (Å²) in [6.07, 6.45) is -0.000214. The summed E-state index contributed by atoms with van der Waals surface area (Å²) >= 11 is 6.25. The number of ketones is 1. The zero-order valence-electron chi connectivity index (χ0n) is 26.5. The van der Waals surface area contributed by atoms with Crippen LogP contribution in [0.1, 0.15) is 47.2 Å². The molecule has 246 valence electrons. The third-order valence-electron chi connectivity index (χ3n) is 9.76. The average Bonchev–Trinajstić information content (AvgIpc) is 3.08. The number of nitrogens with zero attached hydrogens (tertiary/aromatic N) is 2. The number of hydrogen-bond acceptors (Lipinski definition) is 5. The van der Waals surface area contributed by atoms with Gasteiger partial charge in [-0.15, -0.1) is 0 Å². The van der Waals surface area contributed by atoms with Gasteiger partial charge in [-0.1, -0.05) is 102 Å². The Labute approximate surface area is 286 Å². The Morgan fingerprint density at radius 1 is 0.667 bits per heavy atom. The summed E-state index contributed by atoms with van der Waals surface area (Å²) in [5.74, 6) is -1.04. The number of halogens is 1. The number of fused-ring (bicyclic) bond motifs is 2. The zero-order valence-corrected chi connectivity index (χ0v) is 28.9. The molecule has 0 unspecified atom stereocenters. The molecule has 7 rings (SSSR count). The molecule has 2 heterocycles. The number of hydrogen-bond donors (Lipinski definition) is 0. The molecule has 5 aromatic rings. The maximum atomic E-state index is 14.9. The van der Waals surface area contributed by atoms with Crippen molar-refractivity contribution in [3.8, 4) is 0 Å². The highest BCUT2D eigenvalue weighted by Crippen LogP contribution is 2.49. The van der Waals surface area contributed by atoms with E-state index in [1.165, 1.54) is 8.61 Å². The molecule has 7 nitrogen and oxygen atoms in total. The minimum atomic E-state index is -4.17. The smallest absolute Gasteiger partial charge is 0.243 e. The Morgan fingerprint density at radius 3 is 1.90 bits per heavy atom. The molecule has 48 heavy (non-hydrogen) atoms. The molecule has 0 bridgehead atoms. The minimum absolute atomic E-state index is 0.0789. The lowest BCUT2D eigenvalue weighted by Crippen LogP contribution is -2.60.